The van der Waals surface area contributed by atoms with Gasteiger partial charge in [-0.15, -0.1) is 0 Å². The van der Waals surface area contributed by atoms with Crippen molar-refractivity contribution in [2.75, 3.05) is 6.26 Å². The molecule has 5 nitrogen and oxygen atoms in total. The summed E-state index contributed by atoms with van der Waals surface area (Å²) in [6.45, 7) is 1.91. The van der Waals surface area contributed by atoms with Crippen LogP contribution in [0.5, 0.6) is 5.75 Å². The maximum atomic E-state index is 11.6. The third kappa shape index (κ3) is 3.96. The zero-order valence-corrected chi connectivity index (χ0v) is 11.8. The van der Waals surface area contributed by atoms with Crippen LogP contribution in [0.1, 0.15) is 25.3 Å². The highest BCUT2D eigenvalue weighted by Gasteiger charge is 2.31. The highest BCUT2D eigenvalue weighted by Crippen LogP contribution is 2.30. The van der Waals surface area contributed by atoms with Crippen LogP contribution < -0.4 is 4.18 Å². The van der Waals surface area contributed by atoms with Crippen molar-refractivity contribution >= 4 is 16.0 Å². The smallest absolute Gasteiger partial charge is 0.306 e. The van der Waals surface area contributed by atoms with E-state index in [1.54, 1.807) is 29.2 Å². The van der Waals surface area contributed by atoms with Gasteiger partial charge in [-0.2, -0.15) is 8.42 Å². The highest BCUT2D eigenvalue weighted by atomic mass is 32.2. The van der Waals surface area contributed by atoms with Crippen LogP contribution in [0.4, 0.5) is 0 Å². The zero-order chi connectivity index (χ0) is 14.0. The van der Waals surface area contributed by atoms with Gasteiger partial charge in [-0.3, -0.25) is 4.79 Å². The third-order valence-electron chi connectivity index (χ3n) is 2.95. The molecule has 1 aromatic carbocycles. The van der Waals surface area contributed by atoms with Gasteiger partial charge in [0.05, 0.1) is 6.26 Å². The second-order valence-electron chi connectivity index (χ2n) is 4.77. The molecule has 1 aliphatic carbocycles. The topological polar surface area (TPSA) is 63.7 Å². The van der Waals surface area contributed by atoms with Crippen molar-refractivity contribution in [2.24, 2.45) is 0 Å². The lowest BCUT2D eigenvalue weighted by molar-refractivity contribution is -0.130. The van der Waals surface area contributed by atoms with Crippen molar-refractivity contribution in [1.82, 2.24) is 4.90 Å². The van der Waals surface area contributed by atoms with Crippen LogP contribution in [-0.4, -0.2) is 31.5 Å². The summed E-state index contributed by atoms with van der Waals surface area (Å²) >= 11 is 0. The average molecular weight is 283 g/mol. The number of hydrogen-bond acceptors (Lipinski definition) is 4. The van der Waals surface area contributed by atoms with Crippen LogP contribution in [-0.2, 0) is 21.5 Å². The molecule has 0 saturated heterocycles. The van der Waals surface area contributed by atoms with Crippen molar-refractivity contribution in [3.05, 3.63) is 29.8 Å². The number of nitrogens with zero attached hydrogens (tertiary/aromatic N) is 1. The van der Waals surface area contributed by atoms with Gasteiger partial charge in [0.25, 0.3) is 0 Å². The van der Waals surface area contributed by atoms with Gasteiger partial charge in [-0.25, -0.2) is 0 Å². The lowest BCUT2D eigenvalue weighted by atomic mass is 10.2. The predicted octanol–water partition coefficient (Wildman–Crippen LogP) is 1.54. The average Bonchev–Trinajstić information content (AvgIpc) is 3.09. The highest BCUT2D eigenvalue weighted by molar-refractivity contribution is 7.86. The van der Waals surface area contributed by atoms with Gasteiger partial charge in [-0.05, 0) is 18.9 Å². The maximum Gasteiger partial charge on any atom is 0.306 e. The summed E-state index contributed by atoms with van der Waals surface area (Å²) in [5.74, 6) is 0.286. The Bertz CT molecular complexity index is 578. The SMILES string of the molecule is CC(=O)N(Cc1ccccc1OS(C)(=O)=O)C1CC1. The Balaban J connectivity index is 2.21. The summed E-state index contributed by atoms with van der Waals surface area (Å²) in [6.07, 6.45) is 3.02. The molecule has 2 rings (SSSR count). The minimum Gasteiger partial charge on any atom is -0.382 e. The number of hydrogen-bond donors (Lipinski definition) is 0. The molecule has 0 bridgehead atoms. The van der Waals surface area contributed by atoms with Crippen molar-refractivity contribution in [1.29, 1.82) is 0 Å². The van der Waals surface area contributed by atoms with E-state index in [4.69, 9.17) is 4.18 Å². The zero-order valence-electron chi connectivity index (χ0n) is 11.0. The Morgan fingerprint density at radius 2 is 2.00 bits per heavy atom. The molecular weight excluding hydrogens is 266 g/mol. The van der Waals surface area contributed by atoms with E-state index in [0.29, 0.717) is 12.1 Å². The summed E-state index contributed by atoms with van der Waals surface area (Å²) in [6, 6.07) is 7.17. The van der Waals surface area contributed by atoms with Crippen molar-refractivity contribution in [3.63, 3.8) is 0 Å². The van der Waals surface area contributed by atoms with Crippen LogP contribution in [0.25, 0.3) is 0 Å². The normalized spacial score (nSPS) is 15.1. The van der Waals surface area contributed by atoms with Crippen LogP contribution in [0.15, 0.2) is 24.3 Å². The summed E-state index contributed by atoms with van der Waals surface area (Å²) in [5, 5.41) is 0. The number of carbonyl (C=O) groups excluding carboxylic acids is 1. The molecule has 19 heavy (non-hydrogen) atoms. The molecule has 1 saturated carbocycles. The second-order valence-corrected chi connectivity index (χ2v) is 6.35. The van der Waals surface area contributed by atoms with E-state index in [2.05, 4.69) is 0 Å². The molecule has 1 amide bonds. The first-order valence-corrected chi connectivity index (χ1v) is 7.93. The monoisotopic (exact) mass is 283 g/mol. The fourth-order valence-electron chi connectivity index (χ4n) is 1.95. The number of benzene rings is 1. The molecule has 1 aromatic rings. The van der Waals surface area contributed by atoms with Crippen LogP contribution in [0.2, 0.25) is 0 Å². The molecule has 104 valence electrons. The molecule has 0 radical (unpaired) electrons. The molecule has 0 heterocycles. The van der Waals surface area contributed by atoms with E-state index in [1.165, 1.54) is 6.92 Å². The molecule has 0 aliphatic heterocycles. The number of rotatable bonds is 5. The first-order valence-electron chi connectivity index (χ1n) is 6.11. The van der Waals surface area contributed by atoms with Gasteiger partial charge in [-0.1, -0.05) is 18.2 Å². The maximum absolute atomic E-state index is 11.6. The first kappa shape index (κ1) is 13.9. The molecule has 0 spiro atoms. The van der Waals surface area contributed by atoms with Gasteiger partial charge in [0, 0.05) is 25.1 Å². The largest absolute Gasteiger partial charge is 0.382 e. The summed E-state index contributed by atoms with van der Waals surface area (Å²) in [4.78, 5) is 13.3. The lowest BCUT2D eigenvalue weighted by Gasteiger charge is -2.21. The van der Waals surface area contributed by atoms with E-state index < -0.39 is 10.1 Å². The van der Waals surface area contributed by atoms with Crippen molar-refractivity contribution < 1.29 is 17.4 Å². The van der Waals surface area contributed by atoms with Crippen LogP contribution in [0.3, 0.4) is 0 Å². The van der Waals surface area contributed by atoms with Gasteiger partial charge in [0.2, 0.25) is 5.91 Å². The Morgan fingerprint density at radius 1 is 1.37 bits per heavy atom. The molecule has 0 unspecified atom stereocenters. The standard InChI is InChI=1S/C13H17NO4S/c1-10(15)14(12-7-8-12)9-11-5-3-4-6-13(11)18-19(2,16)17/h3-6,12H,7-9H2,1-2H3. The minimum absolute atomic E-state index is 0.00309. The van der Waals surface area contributed by atoms with Gasteiger partial charge >= 0.3 is 10.1 Å². The van der Waals surface area contributed by atoms with Gasteiger partial charge in [0.1, 0.15) is 5.75 Å². The van der Waals surface area contributed by atoms with Crippen molar-refractivity contribution in [2.45, 2.75) is 32.4 Å². The number of carbonyl (C=O) groups is 1. The molecule has 1 fully saturated rings. The van der Waals surface area contributed by atoms with Crippen molar-refractivity contribution in [3.8, 4) is 5.75 Å². The molecular formula is C13H17NO4S. The molecule has 0 atom stereocenters. The van der Waals surface area contributed by atoms with E-state index in [-0.39, 0.29) is 17.7 Å². The summed E-state index contributed by atoms with van der Waals surface area (Å²) in [7, 11) is -3.56. The molecule has 1 aliphatic rings. The van der Waals surface area contributed by atoms with E-state index in [0.717, 1.165) is 19.1 Å². The fraction of sp³-hybridized carbons (Fsp3) is 0.462. The Hall–Kier alpha value is -1.56. The Kier molecular flexibility index (Phi) is 3.80. The van der Waals surface area contributed by atoms with E-state index in [9.17, 15) is 13.2 Å². The van der Waals surface area contributed by atoms with E-state index in [1.807, 2.05) is 0 Å². The summed E-state index contributed by atoms with van der Waals surface area (Å²) < 4.78 is 27.4. The Labute approximate surface area is 113 Å². The number of para-hydroxylation sites is 1. The lowest BCUT2D eigenvalue weighted by Crippen LogP contribution is -2.30. The predicted molar refractivity (Wildman–Crippen MR) is 71.2 cm³/mol. The fourth-order valence-corrected chi connectivity index (χ4v) is 2.43. The Morgan fingerprint density at radius 3 is 2.53 bits per heavy atom. The van der Waals surface area contributed by atoms with Gasteiger partial charge < -0.3 is 9.08 Å². The van der Waals surface area contributed by atoms with Crippen LogP contribution >= 0.6 is 0 Å². The number of amides is 1. The molecule has 0 aromatic heterocycles. The third-order valence-corrected chi connectivity index (χ3v) is 3.43. The molecule has 6 heteroatoms. The minimum atomic E-state index is -3.56. The van der Waals surface area contributed by atoms with E-state index >= 15 is 0 Å². The molecule has 0 N–H and O–H groups in total. The van der Waals surface area contributed by atoms with Crippen LogP contribution in [0, 0.1) is 0 Å². The second kappa shape index (κ2) is 5.21. The quantitative estimate of drug-likeness (QED) is 0.769. The van der Waals surface area contributed by atoms with Gasteiger partial charge in [0.15, 0.2) is 0 Å². The first-order chi connectivity index (χ1) is 8.87. The summed E-state index contributed by atoms with van der Waals surface area (Å²) in [5.41, 5.74) is 0.704.